The molecule has 0 aliphatic heterocycles. The second-order valence-corrected chi connectivity index (χ2v) is 2.95. The molecule has 0 aromatic rings. The number of phosphoric acid groups is 1. The Kier molecular flexibility index (Phi) is 4.36. The van der Waals surface area contributed by atoms with Crippen LogP contribution in [0.15, 0.2) is 12.3 Å². The number of hydrogen-bond acceptors (Lipinski definition) is 2. The molecule has 0 saturated carbocycles. The van der Waals surface area contributed by atoms with Crippen LogP contribution in [0, 0.1) is 0 Å². The Morgan fingerprint density at radius 2 is 2.20 bits per heavy atom. The fourth-order valence-corrected chi connectivity index (χ4v) is 0.602. The van der Waals surface area contributed by atoms with Crippen LogP contribution in [0.1, 0.15) is 19.8 Å². The minimum absolute atomic E-state index is 0.764. The molecule has 0 fully saturated rings. The Labute approximate surface area is 59.8 Å². The van der Waals surface area contributed by atoms with Gasteiger partial charge >= 0.3 is 7.82 Å². The van der Waals surface area contributed by atoms with E-state index in [4.69, 9.17) is 9.79 Å². The minimum Gasteiger partial charge on any atom is -0.413 e. The van der Waals surface area contributed by atoms with Crippen molar-refractivity contribution >= 4 is 7.82 Å². The molecule has 0 aromatic heterocycles. The predicted molar refractivity (Wildman–Crippen MR) is 37.2 cm³/mol. The molecule has 0 amide bonds. The summed E-state index contributed by atoms with van der Waals surface area (Å²) in [5.74, 6) is 0. The number of phosphoric ester groups is 1. The highest BCUT2D eigenvalue weighted by Gasteiger charge is 2.10. The van der Waals surface area contributed by atoms with Crippen molar-refractivity contribution in [1.29, 1.82) is 0 Å². The molecule has 0 rings (SSSR count). The molecule has 60 valence electrons. The molecular formula is C5H11O4P. The number of allylic oxidation sites excluding steroid dienone is 1. The maximum Gasteiger partial charge on any atom is 0.524 e. The van der Waals surface area contributed by atoms with Gasteiger partial charge in [-0.25, -0.2) is 4.57 Å². The fourth-order valence-electron chi connectivity index (χ4n) is 0.357. The first-order valence-corrected chi connectivity index (χ1v) is 4.48. The van der Waals surface area contributed by atoms with Gasteiger partial charge in [-0.05, 0) is 12.5 Å². The Morgan fingerprint density at radius 3 is 2.60 bits per heavy atom. The third kappa shape index (κ3) is 7.69. The van der Waals surface area contributed by atoms with E-state index < -0.39 is 7.82 Å². The van der Waals surface area contributed by atoms with Crippen molar-refractivity contribution in [3.8, 4) is 0 Å². The molecule has 0 unspecified atom stereocenters. The second kappa shape index (κ2) is 4.50. The zero-order chi connectivity index (χ0) is 8.04. The number of hydrogen-bond donors (Lipinski definition) is 2. The van der Waals surface area contributed by atoms with Crippen molar-refractivity contribution in [3.05, 3.63) is 12.3 Å². The SMILES string of the molecule is CCCC=COP(=O)(O)O. The summed E-state index contributed by atoms with van der Waals surface area (Å²) in [4.78, 5) is 16.3. The van der Waals surface area contributed by atoms with Crippen molar-refractivity contribution in [2.24, 2.45) is 0 Å². The number of unbranched alkanes of at least 4 members (excludes halogenated alkanes) is 1. The monoisotopic (exact) mass is 166 g/mol. The van der Waals surface area contributed by atoms with Gasteiger partial charge in [0.2, 0.25) is 0 Å². The highest BCUT2D eigenvalue weighted by molar-refractivity contribution is 7.46. The fraction of sp³-hybridized carbons (Fsp3) is 0.600. The van der Waals surface area contributed by atoms with Crippen LogP contribution in [-0.4, -0.2) is 9.79 Å². The van der Waals surface area contributed by atoms with E-state index >= 15 is 0 Å². The van der Waals surface area contributed by atoms with Gasteiger partial charge in [-0.1, -0.05) is 13.3 Å². The van der Waals surface area contributed by atoms with E-state index in [1.165, 1.54) is 0 Å². The van der Waals surface area contributed by atoms with E-state index in [0.717, 1.165) is 19.1 Å². The smallest absolute Gasteiger partial charge is 0.413 e. The van der Waals surface area contributed by atoms with Crippen molar-refractivity contribution in [2.45, 2.75) is 19.8 Å². The van der Waals surface area contributed by atoms with Gasteiger partial charge in [0, 0.05) is 0 Å². The number of rotatable bonds is 4. The van der Waals surface area contributed by atoms with Crippen LogP contribution < -0.4 is 0 Å². The molecule has 0 radical (unpaired) electrons. The molecule has 0 heterocycles. The van der Waals surface area contributed by atoms with E-state index in [1.54, 1.807) is 6.08 Å². The zero-order valence-electron chi connectivity index (χ0n) is 5.73. The molecule has 0 bridgehead atoms. The molecule has 2 N–H and O–H groups in total. The quantitative estimate of drug-likeness (QED) is 0.489. The van der Waals surface area contributed by atoms with Gasteiger partial charge in [0.05, 0.1) is 6.26 Å². The molecule has 5 heteroatoms. The van der Waals surface area contributed by atoms with Crippen molar-refractivity contribution in [3.63, 3.8) is 0 Å². The van der Waals surface area contributed by atoms with Gasteiger partial charge in [0.25, 0.3) is 0 Å². The Hall–Kier alpha value is -0.310. The average Bonchev–Trinajstić information content (AvgIpc) is 1.78. The molecule has 0 aliphatic rings. The Balaban J connectivity index is 3.44. The van der Waals surface area contributed by atoms with E-state index in [0.29, 0.717) is 0 Å². The third-order valence-corrected chi connectivity index (χ3v) is 1.15. The van der Waals surface area contributed by atoms with Crippen LogP contribution in [0.3, 0.4) is 0 Å². The first-order chi connectivity index (χ1) is 4.56. The van der Waals surface area contributed by atoms with Gasteiger partial charge in [0.15, 0.2) is 0 Å². The standard InChI is InChI=1S/C5H11O4P/c1-2-3-4-5-9-10(6,7)8/h4-5H,2-3H2,1H3,(H2,6,7,8). The maximum atomic E-state index is 10.0. The van der Waals surface area contributed by atoms with Crippen LogP contribution >= 0.6 is 7.82 Å². The Morgan fingerprint density at radius 1 is 1.60 bits per heavy atom. The van der Waals surface area contributed by atoms with Crippen LogP contribution in [0.25, 0.3) is 0 Å². The van der Waals surface area contributed by atoms with Crippen LogP contribution in [0.4, 0.5) is 0 Å². The molecule has 0 aromatic carbocycles. The molecule has 0 spiro atoms. The maximum absolute atomic E-state index is 10.0. The first-order valence-electron chi connectivity index (χ1n) is 2.95. The van der Waals surface area contributed by atoms with Gasteiger partial charge in [-0.3, -0.25) is 9.79 Å². The van der Waals surface area contributed by atoms with Crippen LogP contribution in [0.2, 0.25) is 0 Å². The van der Waals surface area contributed by atoms with Gasteiger partial charge in [-0.15, -0.1) is 0 Å². The summed E-state index contributed by atoms with van der Waals surface area (Å²) in [5, 5.41) is 0. The van der Waals surface area contributed by atoms with E-state index in [-0.39, 0.29) is 0 Å². The average molecular weight is 166 g/mol. The van der Waals surface area contributed by atoms with Crippen LogP contribution in [-0.2, 0) is 9.09 Å². The summed E-state index contributed by atoms with van der Waals surface area (Å²) in [6, 6.07) is 0. The van der Waals surface area contributed by atoms with Crippen molar-refractivity contribution < 1.29 is 18.9 Å². The van der Waals surface area contributed by atoms with Gasteiger partial charge in [-0.2, -0.15) is 0 Å². The molecule has 0 saturated heterocycles. The van der Waals surface area contributed by atoms with E-state index in [9.17, 15) is 4.57 Å². The molecule has 10 heavy (non-hydrogen) atoms. The molecule has 0 atom stereocenters. The van der Waals surface area contributed by atoms with E-state index in [1.807, 2.05) is 6.92 Å². The normalized spacial score (nSPS) is 12.3. The largest absolute Gasteiger partial charge is 0.524 e. The summed E-state index contributed by atoms with van der Waals surface area (Å²) < 4.78 is 14.0. The lowest BCUT2D eigenvalue weighted by molar-refractivity contribution is 0.258. The minimum atomic E-state index is -4.29. The summed E-state index contributed by atoms with van der Waals surface area (Å²) >= 11 is 0. The van der Waals surface area contributed by atoms with Crippen molar-refractivity contribution in [2.75, 3.05) is 0 Å². The molecular weight excluding hydrogens is 155 g/mol. The summed E-state index contributed by atoms with van der Waals surface area (Å²) in [6.45, 7) is 1.96. The lowest BCUT2D eigenvalue weighted by Crippen LogP contribution is -1.77. The lowest BCUT2D eigenvalue weighted by atomic mass is 10.3. The third-order valence-electron chi connectivity index (χ3n) is 0.750. The molecule has 0 aliphatic carbocycles. The van der Waals surface area contributed by atoms with Gasteiger partial charge < -0.3 is 4.52 Å². The lowest BCUT2D eigenvalue weighted by Gasteiger charge is -1.98. The summed E-state index contributed by atoms with van der Waals surface area (Å²) in [5.41, 5.74) is 0. The second-order valence-electron chi connectivity index (χ2n) is 1.76. The predicted octanol–water partition coefficient (Wildman–Crippen LogP) is 1.41. The van der Waals surface area contributed by atoms with E-state index in [2.05, 4.69) is 4.52 Å². The topological polar surface area (TPSA) is 66.8 Å². The zero-order valence-corrected chi connectivity index (χ0v) is 6.62. The van der Waals surface area contributed by atoms with Crippen LogP contribution in [0.5, 0.6) is 0 Å². The highest BCUT2D eigenvalue weighted by atomic mass is 31.2. The first kappa shape index (κ1) is 9.69. The van der Waals surface area contributed by atoms with Gasteiger partial charge in [0.1, 0.15) is 0 Å². The summed E-state index contributed by atoms with van der Waals surface area (Å²) in [6.07, 6.45) is 4.30. The highest BCUT2D eigenvalue weighted by Crippen LogP contribution is 2.35. The summed E-state index contributed by atoms with van der Waals surface area (Å²) in [7, 11) is -4.29. The van der Waals surface area contributed by atoms with Crippen molar-refractivity contribution in [1.82, 2.24) is 0 Å². The molecule has 4 nitrogen and oxygen atoms in total. The Bertz CT molecular complexity index is 148.